The highest BCUT2D eigenvalue weighted by Crippen LogP contribution is 2.22. The van der Waals surface area contributed by atoms with Crippen LogP contribution in [0.2, 0.25) is 0 Å². The van der Waals surface area contributed by atoms with Crippen LogP contribution in [0.25, 0.3) is 10.8 Å². The van der Waals surface area contributed by atoms with E-state index < -0.39 is 12.1 Å². The summed E-state index contributed by atoms with van der Waals surface area (Å²) in [6.45, 7) is 2.78. The van der Waals surface area contributed by atoms with Gasteiger partial charge in [0, 0.05) is 6.61 Å². The molecule has 0 saturated carbocycles. The summed E-state index contributed by atoms with van der Waals surface area (Å²) in [6, 6.07) is 3.78. The number of carbonyl (C=O) groups is 1. The van der Waals surface area contributed by atoms with Crippen LogP contribution >= 0.6 is 11.3 Å². The zero-order chi connectivity index (χ0) is 16.1. The number of ether oxygens (including phenoxy) is 3. The third kappa shape index (κ3) is 4.37. The van der Waals surface area contributed by atoms with Gasteiger partial charge in [-0.25, -0.2) is 4.79 Å². The van der Waals surface area contributed by atoms with E-state index >= 15 is 0 Å². The summed E-state index contributed by atoms with van der Waals surface area (Å²) in [5.41, 5.74) is 0. The quantitative estimate of drug-likeness (QED) is 0.717. The average molecular weight is 338 g/mol. The second kappa shape index (κ2) is 7.67. The predicted molar refractivity (Wildman–Crippen MR) is 81.8 cm³/mol. The lowest BCUT2D eigenvalue weighted by atomic mass is 10.2. The molecule has 3 heterocycles. The summed E-state index contributed by atoms with van der Waals surface area (Å²) in [5.74, 6) is 0.298. The summed E-state index contributed by atoms with van der Waals surface area (Å²) in [4.78, 5) is 17.0. The topological polar surface area (TPSA) is 83.7 Å². The fourth-order valence-corrected chi connectivity index (χ4v) is 2.81. The molecule has 0 radical (unpaired) electrons. The van der Waals surface area contributed by atoms with Crippen molar-refractivity contribution in [2.45, 2.75) is 38.6 Å². The molecule has 1 saturated heterocycles. The number of carbonyl (C=O) groups excluding carboxylic acids is 1. The smallest absolute Gasteiger partial charge is 0.335 e. The number of nitrogens with zero attached hydrogens (tertiary/aromatic N) is 2. The molecule has 0 spiro atoms. The van der Waals surface area contributed by atoms with E-state index in [2.05, 4.69) is 10.1 Å². The van der Waals surface area contributed by atoms with Gasteiger partial charge >= 0.3 is 5.97 Å². The van der Waals surface area contributed by atoms with Crippen LogP contribution in [0.15, 0.2) is 22.0 Å². The van der Waals surface area contributed by atoms with Crippen molar-refractivity contribution in [1.82, 2.24) is 10.1 Å². The van der Waals surface area contributed by atoms with Gasteiger partial charge in [-0.2, -0.15) is 4.98 Å². The van der Waals surface area contributed by atoms with Gasteiger partial charge in [-0.05, 0) is 31.2 Å². The molecular formula is C15H18N2O5S. The number of thiophene rings is 1. The summed E-state index contributed by atoms with van der Waals surface area (Å²) >= 11 is 1.50. The Morgan fingerprint density at radius 3 is 3.22 bits per heavy atom. The molecule has 0 aromatic carbocycles. The van der Waals surface area contributed by atoms with Gasteiger partial charge in [-0.15, -0.1) is 11.3 Å². The standard InChI is InChI=1S/C15H18N2O5S/c1-10(20-8-11-4-2-6-19-11)15(18)21-9-13-16-14(22-17-13)12-5-3-7-23-12/h3,5,7,10-11H,2,4,6,8-9H2,1H3. The first-order valence-corrected chi connectivity index (χ1v) is 8.36. The maximum atomic E-state index is 11.9. The molecule has 0 N–H and O–H groups in total. The van der Waals surface area contributed by atoms with Gasteiger partial charge in [0.1, 0.15) is 0 Å². The van der Waals surface area contributed by atoms with E-state index in [0.717, 1.165) is 24.3 Å². The summed E-state index contributed by atoms with van der Waals surface area (Å²) in [7, 11) is 0. The molecule has 2 unspecified atom stereocenters. The first-order valence-electron chi connectivity index (χ1n) is 7.48. The molecular weight excluding hydrogens is 320 g/mol. The fraction of sp³-hybridized carbons (Fsp3) is 0.533. The molecule has 2 aromatic rings. The summed E-state index contributed by atoms with van der Waals surface area (Å²) in [5, 5.41) is 5.72. The first kappa shape index (κ1) is 16.1. The second-order valence-electron chi connectivity index (χ2n) is 5.21. The predicted octanol–water partition coefficient (Wildman–Crippen LogP) is 2.43. The fourth-order valence-electron chi connectivity index (χ4n) is 2.16. The van der Waals surface area contributed by atoms with E-state index in [-0.39, 0.29) is 12.7 Å². The van der Waals surface area contributed by atoms with Gasteiger partial charge in [0.05, 0.1) is 17.6 Å². The second-order valence-corrected chi connectivity index (χ2v) is 6.16. The van der Waals surface area contributed by atoms with Crippen molar-refractivity contribution in [3.8, 4) is 10.8 Å². The van der Waals surface area contributed by atoms with Crippen LogP contribution in [-0.4, -0.2) is 41.5 Å². The van der Waals surface area contributed by atoms with E-state index in [9.17, 15) is 4.79 Å². The molecule has 2 atom stereocenters. The molecule has 1 aliphatic heterocycles. The SMILES string of the molecule is CC(OCC1CCCO1)C(=O)OCc1noc(-c2cccs2)n1. The Kier molecular flexibility index (Phi) is 5.37. The highest BCUT2D eigenvalue weighted by molar-refractivity contribution is 7.13. The monoisotopic (exact) mass is 338 g/mol. The van der Waals surface area contributed by atoms with E-state index in [4.69, 9.17) is 18.7 Å². The Balaban J connectivity index is 1.43. The Labute approximate surface area is 137 Å². The molecule has 8 heteroatoms. The van der Waals surface area contributed by atoms with Crippen LogP contribution in [0.1, 0.15) is 25.6 Å². The lowest BCUT2D eigenvalue weighted by Crippen LogP contribution is -2.27. The molecule has 1 aliphatic rings. The van der Waals surface area contributed by atoms with Crippen LogP contribution in [0.5, 0.6) is 0 Å². The minimum absolute atomic E-state index is 0.0403. The van der Waals surface area contributed by atoms with Gasteiger partial charge in [-0.1, -0.05) is 11.2 Å². The van der Waals surface area contributed by atoms with Crippen molar-refractivity contribution in [1.29, 1.82) is 0 Å². The highest BCUT2D eigenvalue weighted by atomic mass is 32.1. The van der Waals surface area contributed by atoms with Gasteiger partial charge in [0.2, 0.25) is 5.82 Å². The van der Waals surface area contributed by atoms with Crippen molar-refractivity contribution in [3.63, 3.8) is 0 Å². The number of hydrogen-bond donors (Lipinski definition) is 0. The molecule has 3 rings (SSSR count). The Bertz CT molecular complexity index is 622. The number of hydrogen-bond acceptors (Lipinski definition) is 8. The van der Waals surface area contributed by atoms with Crippen molar-refractivity contribution >= 4 is 17.3 Å². The Hall–Kier alpha value is -1.77. The van der Waals surface area contributed by atoms with Gasteiger partial charge < -0.3 is 18.7 Å². The third-order valence-corrected chi connectivity index (χ3v) is 4.29. The van der Waals surface area contributed by atoms with Crippen molar-refractivity contribution in [2.75, 3.05) is 13.2 Å². The molecule has 1 fully saturated rings. The van der Waals surface area contributed by atoms with E-state index in [1.807, 2.05) is 17.5 Å². The van der Waals surface area contributed by atoms with E-state index in [1.54, 1.807) is 6.92 Å². The summed E-state index contributed by atoms with van der Waals surface area (Å²) in [6.07, 6.45) is 1.44. The largest absolute Gasteiger partial charge is 0.455 e. The normalized spacial score (nSPS) is 18.9. The molecule has 7 nitrogen and oxygen atoms in total. The van der Waals surface area contributed by atoms with Crippen LogP contribution in [0.4, 0.5) is 0 Å². The zero-order valence-corrected chi connectivity index (χ0v) is 13.6. The van der Waals surface area contributed by atoms with Crippen molar-refractivity contribution < 1.29 is 23.5 Å². The molecule has 0 amide bonds. The van der Waals surface area contributed by atoms with Crippen LogP contribution in [-0.2, 0) is 25.6 Å². The van der Waals surface area contributed by atoms with E-state index in [1.165, 1.54) is 11.3 Å². The van der Waals surface area contributed by atoms with Gasteiger partial charge in [-0.3, -0.25) is 0 Å². The number of esters is 1. The minimum atomic E-state index is -0.650. The lowest BCUT2D eigenvalue weighted by Gasteiger charge is -2.14. The van der Waals surface area contributed by atoms with Crippen LogP contribution in [0, 0.1) is 0 Å². The molecule has 124 valence electrons. The number of aromatic nitrogens is 2. The third-order valence-electron chi connectivity index (χ3n) is 3.43. The first-order chi connectivity index (χ1) is 11.2. The maximum Gasteiger partial charge on any atom is 0.335 e. The maximum absolute atomic E-state index is 11.9. The summed E-state index contributed by atoms with van der Waals surface area (Å²) < 4.78 is 21.2. The molecule has 0 aliphatic carbocycles. The average Bonchev–Trinajstić information content (AvgIpc) is 3.32. The molecule has 0 bridgehead atoms. The Morgan fingerprint density at radius 2 is 2.48 bits per heavy atom. The van der Waals surface area contributed by atoms with Crippen LogP contribution in [0.3, 0.4) is 0 Å². The minimum Gasteiger partial charge on any atom is -0.455 e. The van der Waals surface area contributed by atoms with E-state index in [0.29, 0.717) is 18.3 Å². The van der Waals surface area contributed by atoms with Crippen molar-refractivity contribution in [3.05, 3.63) is 23.3 Å². The molecule has 23 heavy (non-hydrogen) atoms. The van der Waals surface area contributed by atoms with Crippen molar-refractivity contribution in [2.24, 2.45) is 0 Å². The Morgan fingerprint density at radius 1 is 1.57 bits per heavy atom. The number of rotatable bonds is 7. The molecule has 2 aromatic heterocycles. The van der Waals surface area contributed by atoms with Gasteiger partial charge in [0.15, 0.2) is 12.7 Å². The van der Waals surface area contributed by atoms with Gasteiger partial charge in [0.25, 0.3) is 5.89 Å². The van der Waals surface area contributed by atoms with Crippen LogP contribution < -0.4 is 0 Å². The lowest BCUT2D eigenvalue weighted by molar-refractivity contribution is -0.159. The highest BCUT2D eigenvalue weighted by Gasteiger charge is 2.21. The zero-order valence-electron chi connectivity index (χ0n) is 12.8.